The molecular weight excluding hydrogens is 282 g/mol. The van der Waals surface area contributed by atoms with Crippen molar-refractivity contribution < 1.29 is 5.11 Å². The Bertz CT molecular complexity index is 560. The molecule has 0 radical (unpaired) electrons. The normalized spacial score (nSPS) is 14.5. The molecule has 0 aromatic heterocycles. The minimum atomic E-state index is -1.33. The molecule has 1 aromatic rings. The average Bonchev–Trinajstić information content (AvgIpc) is 2.64. The van der Waals surface area contributed by atoms with Crippen LogP contribution in [-0.4, -0.2) is 12.2 Å². The summed E-state index contributed by atoms with van der Waals surface area (Å²) in [6, 6.07) is 7.53. The number of terminal acetylenes is 1. The summed E-state index contributed by atoms with van der Waals surface area (Å²) in [6.45, 7) is 9.25. The van der Waals surface area contributed by atoms with Crippen molar-refractivity contribution >= 4 is 5.69 Å². The lowest BCUT2D eigenvalue weighted by Crippen LogP contribution is -2.26. The van der Waals surface area contributed by atoms with Crippen molar-refractivity contribution in [3.8, 4) is 12.3 Å². The lowest BCUT2D eigenvalue weighted by molar-refractivity contribution is 0.144. The van der Waals surface area contributed by atoms with Crippen LogP contribution in [0.3, 0.4) is 0 Å². The van der Waals surface area contributed by atoms with Crippen LogP contribution in [0.5, 0.6) is 0 Å². The standard InChI is InChI=1S/C16H17NO.C3H6.C2H6/c1-3-16(18,13-7-5-4-6-8-13)14-9-11-15(17-2)12-10-14;1-3-2;1-2/h1,5,7-12,17-18H,4,6H2,2H3;3H,1H2,2H3;1-2H3. The van der Waals surface area contributed by atoms with Gasteiger partial charge in [-0.1, -0.05) is 56.2 Å². The maximum Gasteiger partial charge on any atom is 0.176 e. The molecule has 124 valence electrons. The van der Waals surface area contributed by atoms with Crippen molar-refractivity contribution in [2.75, 3.05) is 12.4 Å². The molecule has 0 saturated carbocycles. The number of benzene rings is 1. The van der Waals surface area contributed by atoms with Gasteiger partial charge in [0.2, 0.25) is 0 Å². The summed E-state index contributed by atoms with van der Waals surface area (Å²) in [5.74, 6) is 2.52. The van der Waals surface area contributed by atoms with Crippen molar-refractivity contribution in [1.29, 1.82) is 0 Å². The van der Waals surface area contributed by atoms with Gasteiger partial charge in [-0.25, -0.2) is 0 Å². The van der Waals surface area contributed by atoms with Crippen molar-refractivity contribution in [2.24, 2.45) is 0 Å². The van der Waals surface area contributed by atoms with Crippen LogP contribution in [0.4, 0.5) is 5.69 Å². The molecule has 1 unspecified atom stereocenters. The third-order valence-corrected chi connectivity index (χ3v) is 3.21. The molecular formula is C21H29NO. The Hall–Kier alpha value is -2.24. The van der Waals surface area contributed by atoms with Crippen molar-refractivity contribution in [3.05, 3.63) is 66.3 Å². The summed E-state index contributed by atoms with van der Waals surface area (Å²) in [4.78, 5) is 0. The molecule has 1 atom stereocenters. The fraction of sp³-hybridized carbons (Fsp3) is 0.333. The second kappa shape index (κ2) is 11.3. The van der Waals surface area contributed by atoms with E-state index in [-0.39, 0.29) is 0 Å². The average molecular weight is 311 g/mol. The highest BCUT2D eigenvalue weighted by Crippen LogP contribution is 2.32. The van der Waals surface area contributed by atoms with Crippen LogP contribution in [0.25, 0.3) is 0 Å². The third kappa shape index (κ3) is 5.81. The molecule has 1 aliphatic rings. The van der Waals surface area contributed by atoms with Crippen LogP contribution >= 0.6 is 0 Å². The summed E-state index contributed by atoms with van der Waals surface area (Å²) in [5.41, 5.74) is 1.17. The SMILES string of the molecule is C#CC(O)(C1=CCCC=C1)c1ccc(NC)cc1.C=CC.CC. The van der Waals surface area contributed by atoms with Gasteiger partial charge in [-0.15, -0.1) is 13.0 Å². The predicted molar refractivity (Wildman–Crippen MR) is 102 cm³/mol. The number of aliphatic hydroxyl groups is 1. The van der Waals surface area contributed by atoms with Gasteiger partial charge in [0, 0.05) is 18.3 Å². The van der Waals surface area contributed by atoms with E-state index in [0.717, 1.165) is 29.7 Å². The molecule has 2 rings (SSSR count). The molecule has 0 saturated heterocycles. The van der Waals surface area contributed by atoms with Crippen LogP contribution in [0.1, 0.15) is 39.2 Å². The van der Waals surface area contributed by atoms with E-state index < -0.39 is 5.60 Å². The Morgan fingerprint density at radius 1 is 1.26 bits per heavy atom. The van der Waals surface area contributed by atoms with E-state index in [0.29, 0.717) is 0 Å². The number of nitrogens with one attached hydrogen (secondary N) is 1. The molecule has 1 aromatic carbocycles. The maximum atomic E-state index is 10.7. The first-order valence-electron chi connectivity index (χ1n) is 8.05. The van der Waals surface area contributed by atoms with E-state index in [9.17, 15) is 5.11 Å². The molecule has 0 fully saturated rings. The van der Waals surface area contributed by atoms with E-state index in [1.807, 2.05) is 70.3 Å². The summed E-state index contributed by atoms with van der Waals surface area (Å²) in [6.07, 6.45) is 15.2. The van der Waals surface area contributed by atoms with Gasteiger partial charge in [-0.05, 0) is 37.5 Å². The molecule has 1 aliphatic carbocycles. The zero-order valence-corrected chi connectivity index (χ0v) is 14.8. The van der Waals surface area contributed by atoms with E-state index in [4.69, 9.17) is 6.42 Å². The lowest BCUT2D eigenvalue weighted by atomic mass is 9.84. The summed E-state index contributed by atoms with van der Waals surface area (Å²) in [7, 11) is 1.86. The lowest BCUT2D eigenvalue weighted by Gasteiger charge is -2.26. The minimum Gasteiger partial charge on any atom is -0.388 e. The van der Waals surface area contributed by atoms with Gasteiger partial charge in [0.1, 0.15) is 0 Å². The third-order valence-electron chi connectivity index (χ3n) is 3.21. The molecule has 23 heavy (non-hydrogen) atoms. The van der Waals surface area contributed by atoms with Crippen LogP contribution in [0.15, 0.2) is 60.7 Å². The Balaban J connectivity index is 0.000000868. The number of allylic oxidation sites excluding steroid dienone is 3. The second-order valence-corrected chi connectivity index (χ2v) is 4.73. The number of rotatable bonds is 3. The van der Waals surface area contributed by atoms with Gasteiger partial charge in [0.15, 0.2) is 5.60 Å². The molecule has 2 nitrogen and oxygen atoms in total. The van der Waals surface area contributed by atoms with E-state index in [2.05, 4.69) is 17.8 Å². The van der Waals surface area contributed by atoms with Gasteiger partial charge in [-0.2, -0.15) is 0 Å². The highest BCUT2D eigenvalue weighted by molar-refractivity contribution is 5.51. The van der Waals surface area contributed by atoms with Crippen molar-refractivity contribution in [2.45, 2.75) is 39.2 Å². The molecule has 2 heteroatoms. The molecule has 0 heterocycles. The first kappa shape index (κ1) is 20.8. The predicted octanol–water partition coefficient (Wildman–Crippen LogP) is 5.04. The molecule has 2 N–H and O–H groups in total. The first-order chi connectivity index (χ1) is 11.1. The van der Waals surface area contributed by atoms with E-state index in [1.165, 1.54) is 0 Å². The van der Waals surface area contributed by atoms with Gasteiger partial charge in [0.25, 0.3) is 0 Å². The molecule has 0 spiro atoms. The molecule has 0 aliphatic heterocycles. The highest BCUT2D eigenvalue weighted by Gasteiger charge is 2.30. The number of hydrogen-bond donors (Lipinski definition) is 2. The zero-order chi connectivity index (χ0) is 17.7. The second-order valence-electron chi connectivity index (χ2n) is 4.73. The first-order valence-corrected chi connectivity index (χ1v) is 8.05. The zero-order valence-electron chi connectivity index (χ0n) is 14.8. The van der Waals surface area contributed by atoms with Crippen LogP contribution in [-0.2, 0) is 5.60 Å². The molecule has 0 bridgehead atoms. The Kier molecular flexibility index (Phi) is 10.2. The van der Waals surface area contributed by atoms with Crippen LogP contribution in [0.2, 0.25) is 0 Å². The van der Waals surface area contributed by atoms with Gasteiger partial charge >= 0.3 is 0 Å². The fourth-order valence-corrected chi connectivity index (χ4v) is 2.09. The van der Waals surface area contributed by atoms with Gasteiger partial charge in [0.05, 0.1) is 0 Å². The summed E-state index contributed by atoms with van der Waals surface area (Å²) in [5, 5.41) is 13.7. The Morgan fingerprint density at radius 2 is 1.83 bits per heavy atom. The molecule has 0 amide bonds. The quantitative estimate of drug-likeness (QED) is 0.605. The van der Waals surface area contributed by atoms with E-state index >= 15 is 0 Å². The summed E-state index contributed by atoms with van der Waals surface area (Å²) < 4.78 is 0. The van der Waals surface area contributed by atoms with E-state index in [1.54, 1.807) is 6.08 Å². The van der Waals surface area contributed by atoms with Crippen LogP contribution < -0.4 is 5.32 Å². The fourth-order valence-electron chi connectivity index (χ4n) is 2.09. The highest BCUT2D eigenvalue weighted by atomic mass is 16.3. The van der Waals surface area contributed by atoms with Gasteiger partial charge < -0.3 is 10.4 Å². The van der Waals surface area contributed by atoms with Crippen molar-refractivity contribution in [3.63, 3.8) is 0 Å². The van der Waals surface area contributed by atoms with Crippen molar-refractivity contribution in [1.82, 2.24) is 0 Å². The Morgan fingerprint density at radius 3 is 2.22 bits per heavy atom. The number of anilines is 1. The largest absolute Gasteiger partial charge is 0.388 e. The summed E-state index contributed by atoms with van der Waals surface area (Å²) >= 11 is 0. The Labute approximate surface area is 141 Å². The van der Waals surface area contributed by atoms with Gasteiger partial charge in [-0.3, -0.25) is 0 Å². The maximum absolute atomic E-state index is 10.7. The number of hydrogen-bond acceptors (Lipinski definition) is 2. The monoisotopic (exact) mass is 311 g/mol. The smallest absolute Gasteiger partial charge is 0.176 e. The topological polar surface area (TPSA) is 32.3 Å². The van der Waals surface area contributed by atoms with Crippen LogP contribution in [0, 0.1) is 12.3 Å². The minimum absolute atomic E-state index is 0.724.